The first kappa shape index (κ1) is 15.4. The maximum absolute atomic E-state index is 13.5. The molecule has 0 saturated heterocycles. The SMILES string of the molecule is Cc1ccc(NC(=O)NC(CC(N)=O)C(=O)O)c(F)c1. The molecule has 1 atom stereocenters. The van der Waals surface area contributed by atoms with Gasteiger partial charge in [0.15, 0.2) is 0 Å². The Hall–Kier alpha value is -2.64. The standard InChI is InChI=1S/C12H14FN3O4/c1-6-2-3-8(7(13)4-6)15-12(20)16-9(11(18)19)5-10(14)17/h2-4,9H,5H2,1H3,(H2,14,17)(H,18,19)(H2,15,16,20). The van der Waals surface area contributed by atoms with Crippen LogP contribution in [-0.2, 0) is 9.59 Å². The van der Waals surface area contributed by atoms with Crippen molar-refractivity contribution < 1.29 is 23.9 Å². The summed E-state index contributed by atoms with van der Waals surface area (Å²) in [5, 5.41) is 13.0. The van der Waals surface area contributed by atoms with Crippen molar-refractivity contribution in [1.29, 1.82) is 0 Å². The molecule has 0 aliphatic rings. The summed E-state index contributed by atoms with van der Waals surface area (Å²) in [6.45, 7) is 1.68. The number of primary amides is 1. The number of aliphatic carboxylic acids is 1. The number of nitrogens with two attached hydrogens (primary N) is 1. The lowest BCUT2D eigenvalue weighted by atomic mass is 10.2. The number of rotatable bonds is 5. The van der Waals surface area contributed by atoms with Gasteiger partial charge in [-0.2, -0.15) is 0 Å². The minimum atomic E-state index is -1.47. The van der Waals surface area contributed by atoms with Gasteiger partial charge in [0.2, 0.25) is 5.91 Å². The summed E-state index contributed by atoms with van der Waals surface area (Å²) in [5.74, 6) is -2.94. The molecule has 0 bridgehead atoms. The van der Waals surface area contributed by atoms with Crippen LogP contribution in [0.2, 0.25) is 0 Å². The van der Waals surface area contributed by atoms with Crippen LogP contribution in [0.15, 0.2) is 18.2 Å². The third kappa shape index (κ3) is 4.56. The van der Waals surface area contributed by atoms with Crippen LogP contribution in [0.4, 0.5) is 14.9 Å². The second-order valence-corrected chi connectivity index (χ2v) is 4.14. The van der Waals surface area contributed by atoms with Gasteiger partial charge in [0.05, 0.1) is 12.1 Å². The predicted octanol–water partition coefficient (Wildman–Crippen LogP) is 0.584. The summed E-state index contributed by atoms with van der Waals surface area (Å²) in [5.41, 5.74) is 5.44. The van der Waals surface area contributed by atoms with E-state index in [1.165, 1.54) is 12.1 Å². The Balaban J connectivity index is 2.70. The summed E-state index contributed by atoms with van der Waals surface area (Å²) in [4.78, 5) is 33.0. The molecular weight excluding hydrogens is 269 g/mol. The lowest BCUT2D eigenvalue weighted by Gasteiger charge is -2.14. The monoisotopic (exact) mass is 283 g/mol. The van der Waals surface area contributed by atoms with Crippen LogP contribution in [0.3, 0.4) is 0 Å². The zero-order valence-electron chi connectivity index (χ0n) is 10.6. The first-order valence-corrected chi connectivity index (χ1v) is 5.64. The molecule has 1 aromatic rings. The average molecular weight is 283 g/mol. The third-order valence-electron chi connectivity index (χ3n) is 2.38. The fraction of sp³-hybridized carbons (Fsp3) is 0.250. The van der Waals surface area contributed by atoms with Crippen LogP contribution in [0.25, 0.3) is 0 Å². The normalized spacial score (nSPS) is 11.5. The first-order chi connectivity index (χ1) is 9.29. The number of carbonyl (C=O) groups excluding carboxylic acids is 2. The minimum Gasteiger partial charge on any atom is -0.480 e. The van der Waals surface area contributed by atoms with E-state index >= 15 is 0 Å². The Labute approximate surface area is 114 Å². The van der Waals surface area contributed by atoms with Crippen LogP contribution in [0.5, 0.6) is 0 Å². The maximum atomic E-state index is 13.5. The molecule has 0 saturated carbocycles. The van der Waals surface area contributed by atoms with Crippen molar-refractivity contribution in [3.63, 3.8) is 0 Å². The van der Waals surface area contributed by atoms with E-state index in [0.717, 1.165) is 0 Å². The molecule has 0 aliphatic heterocycles. The number of halogens is 1. The summed E-state index contributed by atoms with van der Waals surface area (Å²) in [7, 11) is 0. The van der Waals surface area contributed by atoms with Gasteiger partial charge < -0.3 is 21.5 Å². The van der Waals surface area contributed by atoms with Crippen molar-refractivity contribution >= 4 is 23.6 Å². The number of amides is 3. The van der Waals surface area contributed by atoms with Crippen LogP contribution >= 0.6 is 0 Å². The number of hydrogen-bond donors (Lipinski definition) is 4. The van der Waals surface area contributed by atoms with E-state index < -0.39 is 36.2 Å². The van der Waals surface area contributed by atoms with Crippen molar-refractivity contribution in [2.75, 3.05) is 5.32 Å². The number of nitrogens with one attached hydrogen (secondary N) is 2. The minimum absolute atomic E-state index is 0.101. The topological polar surface area (TPSA) is 122 Å². The average Bonchev–Trinajstić information content (AvgIpc) is 2.31. The van der Waals surface area contributed by atoms with Crippen molar-refractivity contribution in [3.8, 4) is 0 Å². The molecule has 8 heteroatoms. The molecule has 1 unspecified atom stereocenters. The number of carboxylic acids is 1. The molecular formula is C12H14FN3O4. The molecule has 0 fully saturated rings. The lowest BCUT2D eigenvalue weighted by molar-refractivity contribution is -0.140. The van der Waals surface area contributed by atoms with Gasteiger partial charge in [0.1, 0.15) is 11.9 Å². The summed E-state index contributed by atoms with van der Waals surface area (Å²) in [6.07, 6.45) is -0.556. The molecule has 3 amide bonds. The lowest BCUT2D eigenvalue weighted by Crippen LogP contribution is -2.45. The quantitative estimate of drug-likeness (QED) is 0.631. The van der Waals surface area contributed by atoms with Gasteiger partial charge in [-0.1, -0.05) is 6.07 Å². The van der Waals surface area contributed by atoms with Gasteiger partial charge in [0, 0.05) is 0 Å². The summed E-state index contributed by atoms with van der Waals surface area (Å²) < 4.78 is 13.5. The van der Waals surface area contributed by atoms with Gasteiger partial charge in [0.25, 0.3) is 0 Å². The highest BCUT2D eigenvalue weighted by Crippen LogP contribution is 2.14. The van der Waals surface area contributed by atoms with E-state index in [9.17, 15) is 18.8 Å². The number of benzene rings is 1. The van der Waals surface area contributed by atoms with Crippen LogP contribution in [0, 0.1) is 12.7 Å². The van der Waals surface area contributed by atoms with Crippen molar-refractivity contribution in [1.82, 2.24) is 5.32 Å². The van der Waals surface area contributed by atoms with Crippen LogP contribution in [0.1, 0.15) is 12.0 Å². The smallest absolute Gasteiger partial charge is 0.326 e. The molecule has 0 radical (unpaired) electrons. The predicted molar refractivity (Wildman–Crippen MR) is 68.5 cm³/mol. The Morgan fingerprint density at radius 2 is 2.05 bits per heavy atom. The van der Waals surface area contributed by atoms with E-state index in [1.54, 1.807) is 13.0 Å². The fourth-order valence-electron chi connectivity index (χ4n) is 1.44. The Bertz CT molecular complexity index is 548. The second-order valence-electron chi connectivity index (χ2n) is 4.14. The molecule has 1 rings (SSSR count). The number of hydrogen-bond acceptors (Lipinski definition) is 3. The van der Waals surface area contributed by atoms with Crippen molar-refractivity contribution in [2.24, 2.45) is 5.73 Å². The Kier molecular flexibility index (Phi) is 5.01. The summed E-state index contributed by atoms with van der Waals surface area (Å²) >= 11 is 0. The zero-order valence-corrected chi connectivity index (χ0v) is 10.6. The van der Waals surface area contributed by atoms with Gasteiger partial charge in [-0.15, -0.1) is 0 Å². The molecule has 1 aromatic carbocycles. The first-order valence-electron chi connectivity index (χ1n) is 5.64. The van der Waals surface area contributed by atoms with E-state index in [-0.39, 0.29) is 5.69 Å². The second kappa shape index (κ2) is 6.50. The summed E-state index contributed by atoms with van der Waals surface area (Å²) in [6, 6.07) is 1.72. The molecule has 0 spiro atoms. The van der Waals surface area contributed by atoms with Gasteiger partial charge in [-0.05, 0) is 24.6 Å². The van der Waals surface area contributed by atoms with Gasteiger partial charge >= 0.3 is 12.0 Å². The number of aryl methyl sites for hydroxylation is 1. The molecule has 20 heavy (non-hydrogen) atoms. The highest BCUT2D eigenvalue weighted by Gasteiger charge is 2.22. The fourth-order valence-corrected chi connectivity index (χ4v) is 1.44. The molecule has 108 valence electrons. The molecule has 5 N–H and O–H groups in total. The number of anilines is 1. The molecule has 0 heterocycles. The van der Waals surface area contributed by atoms with E-state index in [4.69, 9.17) is 10.8 Å². The zero-order chi connectivity index (χ0) is 15.3. The van der Waals surface area contributed by atoms with Crippen LogP contribution in [-0.4, -0.2) is 29.1 Å². The number of carbonyl (C=O) groups is 3. The Morgan fingerprint density at radius 1 is 1.40 bits per heavy atom. The van der Waals surface area contributed by atoms with Gasteiger partial charge in [-0.25, -0.2) is 14.0 Å². The van der Waals surface area contributed by atoms with E-state index in [0.29, 0.717) is 5.56 Å². The van der Waals surface area contributed by atoms with E-state index in [1.807, 2.05) is 5.32 Å². The maximum Gasteiger partial charge on any atom is 0.326 e. The van der Waals surface area contributed by atoms with Crippen LogP contribution < -0.4 is 16.4 Å². The van der Waals surface area contributed by atoms with Gasteiger partial charge in [-0.3, -0.25) is 4.79 Å². The van der Waals surface area contributed by atoms with E-state index in [2.05, 4.69) is 5.32 Å². The number of carboxylic acid groups (broad SMARTS) is 1. The third-order valence-corrected chi connectivity index (χ3v) is 2.38. The molecule has 0 aromatic heterocycles. The van der Waals surface area contributed by atoms with Crippen molar-refractivity contribution in [2.45, 2.75) is 19.4 Å². The Morgan fingerprint density at radius 3 is 2.55 bits per heavy atom. The highest BCUT2D eigenvalue weighted by molar-refractivity contribution is 5.93. The largest absolute Gasteiger partial charge is 0.480 e. The number of urea groups is 1. The highest BCUT2D eigenvalue weighted by atomic mass is 19.1. The van der Waals surface area contributed by atoms with Crippen molar-refractivity contribution in [3.05, 3.63) is 29.6 Å². The molecule has 7 nitrogen and oxygen atoms in total. The molecule has 0 aliphatic carbocycles.